The summed E-state index contributed by atoms with van der Waals surface area (Å²) >= 11 is 1.46. The van der Waals surface area contributed by atoms with Gasteiger partial charge in [-0.1, -0.05) is 47.7 Å². The second kappa shape index (κ2) is 8.60. The van der Waals surface area contributed by atoms with E-state index in [1.807, 2.05) is 53.1 Å². The lowest BCUT2D eigenvalue weighted by Gasteiger charge is -2.07. The Labute approximate surface area is 155 Å². The zero-order valence-electron chi connectivity index (χ0n) is 14.7. The minimum absolute atomic E-state index is 0.300. The van der Waals surface area contributed by atoms with Crippen LogP contribution in [0.5, 0.6) is 5.75 Å². The average Bonchev–Trinajstić information content (AvgIpc) is 3.02. The number of nitrogens with zero attached hydrogens (tertiary/aromatic N) is 2. The van der Waals surface area contributed by atoms with Crippen molar-refractivity contribution in [2.24, 2.45) is 4.99 Å². The fraction of sp³-hybridized carbons (Fsp3) is 0.200. The first-order valence-electron chi connectivity index (χ1n) is 8.20. The van der Waals surface area contributed by atoms with Gasteiger partial charge in [0, 0.05) is 19.7 Å². The summed E-state index contributed by atoms with van der Waals surface area (Å²) in [5.74, 6) is 0.453. The minimum atomic E-state index is -0.300. The number of hydrogen-bond donors (Lipinski definition) is 0. The standard InChI is InChI=1S/C20H20N2O3S/c1-24-14-13-22-19-16(25-2)9-6-10-17(19)26-20(22)21-18(23)12-11-15-7-4-3-5-8-15/h3-12H,13-14H2,1-2H3/b12-11+,21-20?. The number of carbonyl (C=O) groups is 1. The number of thiazole rings is 1. The lowest BCUT2D eigenvalue weighted by atomic mass is 10.2. The molecular formula is C20H20N2O3S. The minimum Gasteiger partial charge on any atom is -0.495 e. The topological polar surface area (TPSA) is 52.8 Å². The van der Waals surface area contributed by atoms with Gasteiger partial charge >= 0.3 is 0 Å². The summed E-state index contributed by atoms with van der Waals surface area (Å²) in [5.41, 5.74) is 1.89. The Kier molecular flexibility index (Phi) is 5.99. The second-order valence-corrected chi connectivity index (χ2v) is 6.54. The van der Waals surface area contributed by atoms with Crippen molar-refractivity contribution in [3.63, 3.8) is 0 Å². The normalized spacial score (nSPS) is 12.2. The number of fused-ring (bicyclic) bond motifs is 1. The highest BCUT2D eigenvalue weighted by Gasteiger charge is 2.11. The fourth-order valence-corrected chi connectivity index (χ4v) is 3.68. The number of ether oxygens (including phenoxy) is 2. The summed E-state index contributed by atoms with van der Waals surface area (Å²) in [4.78, 5) is 17.2. The van der Waals surface area contributed by atoms with Crippen LogP contribution in [0.3, 0.4) is 0 Å². The lowest BCUT2D eigenvalue weighted by Crippen LogP contribution is -2.19. The molecule has 0 N–H and O–H groups in total. The lowest BCUT2D eigenvalue weighted by molar-refractivity contribution is -0.113. The molecule has 26 heavy (non-hydrogen) atoms. The van der Waals surface area contributed by atoms with Crippen molar-refractivity contribution >= 4 is 33.5 Å². The Hall–Kier alpha value is -2.70. The molecular weight excluding hydrogens is 348 g/mol. The number of amides is 1. The van der Waals surface area contributed by atoms with Crippen molar-refractivity contribution in [1.29, 1.82) is 0 Å². The van der Waals surface area contributed by atoms with Crippen molar-refractivity contribution in [1.82, 2.24) is 4.57 Å². The number of carbonyl (C=O) groups excluding carboxylic acids is 1. The Balaban J connectivity index is 2.01. The van der Waals surface area contributed by atoms with E-state index in [4.69, 9.17) is 9.47 Å². The Morgan fingerprint density at radius 2 is 1.96 bits per heavy atom. The highest BCUT2D eigenvalue weighted by atomic mass is 32.1. The summed E-state index contributed by atoms with van der Waals surface area (Å²) in [5, 5.41) is 0. The van der Waals surface area contributed by atoms with Gasteiger partial charge < -0.3 is 14.0 Å². The molecule has 134 valence electrons. The highest BCUT2D eigenvalue weighted by molar-refractivity contribution is 7.16. The van der Waals surface area contributed by atoms with Gasteiger partial charge in [-0.05, 0) is 23.8 Å². The van der Waals surface area contributed by atoms with Gasteiger partial charge in [0.1, 0.15) is 11.3 Å². The van der Waals surface area contributed by atoms with E-state index in [0.29, 0.717) is 18.0 Å². The van der Waals surface area contributed by atoms with E-state index in [2.05, 4.69) is 4.99 Å². The summed E-state index contributed by atoms with van der Waals surface area (Å²) < 4.78 is 13.7. The molecule has 1 heterocycles. The van der Waals surface area contributed by atoms with E-state index in [-0.39, 0.29) is 5.91 Å². The zero-order valence-corrected chi connectivity index (χ0v) is 15.5. The third-order valence-corrected chi connectivity index (χ3v) is 4.87. The summed E-state index contributed by atoms with van der Waals surface area (Å²) in [6, 6.07) is 15.5. The Morgan fingerprint density at radius 1 is 1.15 bits per heavy atom. The molecule has 0 spiro atoms. The van der Waals surface area contributed by atoms with Crippen LogP contribution in [0.1, 0.15) is 5.56 Å². The summed E-state index contributed by atoms with van der Waals surface area (Å²) in [6.07, 6.45) is 3.25. The maximum Gasteiger partial charge on any atom is 0.272 e. The molecule has 0 atom stereocenters. The van der Waals surface area contributed by atoms with E-state index in [9.17, 15) is 4.79 Å². The van der Waals surface area contributed by atoms with E-state index in [1.54, 1.807) is 20.3 Å². The van der Waals surface area contributed by atoms with Gasteiger partial charge in [0.15, 0.2) is 4.80 Å². The Morgan fingerprint density at radius 3 is 2.69 bits per heavy atom. The molecule has 0 radical (unpaired) electrons. The molecule has 0 bridgehead atoms. The molecule has 3 rings (SSSR count). The van der Waals surface area contributed by atoms with Crippen LogP contribution < -0.4 is 9.54 Å². The first-order valence-corrected chi connectivity index (χ1v) is 9.01. The molecule has 5 nitrogen and oxygen atoms in total. The maximum atomic E-state index is 12.3. The monoisotopic (exact) mass is 368 g/mol. The highest BCUT2D eigenvalue weighted by Crippen LogP contribution is 2.27. The van der Waals surface area contributed by atoms with Crippen LogP contribution in [0.15, 0.2) is 59.6 Å². The molecule has 0 unspecified atom stereocenters. The first kappa shape index (κ1) is 18.1. The van der Waals surface area contributed by atoms with E-state index < -0.39 is 0 Å². The van der Waals surface area contributed by atoms with Gasteiger partial charge in [-0.2, -0.15) is 4.99 Å². The molecule has 2 aromatic carbocycles. The molecule has 3 aromatic rings. The molecule has 0 saturated carbocycles. The summed E-state index contributed by atoms with van der Waals surface area (Å²) in [7, 11) is 3.29. The van der Waals surface area contributed by atoms with Crippen LogP contribution in [-0.4, -0.2) is 31.3 Å². The molecule has 0 aliphatic heterocycles. The number of methoxy groups -OCH3 is 2. The number of benzene rings is 2. The third-order valence-electron chi connectivity index (χ3n) is 3.83. The van der Waals surface area contributed by atoms with Crippen molar-refractivity contribution < 1.29 is 14.3 Å². The van der Waals surface area contributed by atoms with Gasteiger partial charge in [-0.3, -0.25) is 4.79 Å². The fourth-order valence-electron chi connectivity index (χ4n) is 2.60. The zero-order chi connectivity index (χ0) is 18.4. The third kappa shape index (κ3) is 4.09. The van der Waals surface area contributed by atoms with E-state index in [0.717, 1.165) is 21.5 Å². The summed E-state index contributed by atoms with van der Waals surface area (Å²) in [6.45, 7) is 1.11. The smallest absolute Gasteiger partial charge is 0.272 e. The number of hydrogen-bond acceptors (Lipinski definition) is 4. The predicted octanol–water partition coefficient (Wildman–Crippen LogP) is 3.50. The van der Waals surface area contributed by atoms with Crippen molar-refractivity contribution in [3.8, 4) is 5.75 Å². The Bertz CT molecular complexity index is 987. The van der Waals surface area contributed by atoms with Crippen LogP contribution in [0.2, 0.25) is 0 Å². The van der Waals surface area contributed by atoms with E-state index >= 15 is 0 Å². The van der Waals surface area contributed by atoms with Crippen LogP contribution in [-0.2, 0) is 16.1 Å². The molecule has 0 saturated heterocycles. The predicted molar refractivity (Wildman–Crippen MR) is 104 cm³/mol. The van der Waals surface area contributed by atoms with E-state index in [1.165, 1.54) is 17.4 Å². The largest absolute Gasteiger partial charge is 0.495 e. The first-order chi connectivity index (χ1) is 12.7. The molecule has 0 fully saturated rings. The van der Waals surface area contributed by atoms with Gasteiger partial charge in [-0.15, -0.1) is 0 Å². The van der Waals surface area contributed by atoms with Crippen LogP contribution in [0.25, 0.3) is 16.3 Å². The maximum absolute atomic E-state index is 12.3. The second-order valence-electron chi connectivity index (χ2n) is 5.53. The van der Waals surface area contributed by atoms with Crippen molar-refractivity contribution in [3.05, 3.63) is 65.0 Å². The number of rotatable bonds is 6. The van der Waals surface area contributed by atoms with Gasteiger partial charge in [-0.25, -0.2) is 0 Å². The van der Waals surface area contributed by atoms with Crippen LogP contribution in [0.4, 0.5) is 0 Å². The van der Waals surface area contributed by atoms with Crippen LogP contribution in [0, 0.1) is 0 Å². The molecule has 0 aliphatic carbocycles. The molecule has 0 aliphatic rings. The SMILES string of the molecule is COCCn1c(=NC(=O)/C=C/c2ccccc2)sc2cccc(OC)c21. The van der Waals surface area contributed by atoms with Gasteiger partial charge in [0.25, 0.3) is 5.91 Å². The van der Waals surface area contributed by atoms with Crippen LogP contribution >= 0.6 is 11.3 Å². The van der Waals surface area contributed by atoms with Gasteiger partial charge in [0.05, 0.1) is 18.4 Å². The van der Waals surface area contributed by atoms with Crippen molar-refractivity contribution in [2.75, 3.05) is 20.8 Å². The van der Waals surface area contributed by atoms with Gasteiger partial charge in [0.2, 0.25) is 0 Å². The average molecular weight is 368 g/mol. The molecule has 1 aromatic heterocycles. The quantitative estimate of drug-likeness (QED) is 0.626. The number of para-hydroxylation sites is 1. The molecule has 1 amide bonds. The number of aromatic nitrogens is 1. The van der Waals surface area contributed by atoms with Crippen molar-refractivity contribution in [2.45, 2.75) is 6.54 Å². The molecule has 6 heteroatoms.